The number of carbonyl (C=O) groups excluding carboxylic acids is 1. The number of pyridine rings is 1. The van der Waals surface area contributed by atoms with Crippen molar-refractivity contribution >= 4 is 17.9 Å². The molecule has 18 heavy (non-hydrogen) atoms. The molecule has 0 spiro atoms. The summed E-state index contributed by atoms with van der Waals surface area (Å²) in [4.78, 5) is 13.5. The Labute approximate surface area is 103 Å². The monoisotopic (exact) mass is 289 g/mol. The molecule has 0 atom stereocenters. The van der Waals surface area contributed by atoms with Crippen molar-refractivity contribution in [2.75, 3.05) is 0 Å². The predicted molar refractivity (Wildman–Crippen MR) is 50.8 cm³/mol. The minimum absolute atomic E-state index is 0.106. The van der Waals surface area contributed by atoms with Gasteiger partial charge in [0.05, 0.1) is 5.56 Å². The Balaban J connectivity index is 3.39. The Morgan fingerprint density at radius 2 is 2.06 bits per heavy atom. The number of aromatic nitrogens is 1. The lowest BCUT2D eigenvalue weighted by Crippen LogP contribution is -2.20. The van der Waals surface area contributed by atoms with Crippen molar-refractivity contribution in [3.8, 4) is 5.88 Å². The lowest BCUT2D eigenvalue weighted by Gasteiger charge is -2.14. The summed E-state index contributed by atoms with van der Waals surface area (Å²) in [7, 11) is 0. The van der Waals surface area contributed by atoms with Crippen LogP contribution in [0, 0.1) is 0 Å². The highest BCUT2D eigenvalue weighted by Gasteiger charge is 2.35. The van der Waals surface area contributed by atoms with Crippen molar-refractivity contribution in [3.05, 3.63) is 22.9 Å². The van der Waals surface area contributed by atoms with E-state index in [4.69, 9.17) is 11.6 Å². The van der Waals surface area contributed by atoms with Gasteiger partial charge >= 0.3 is 6.36 Å². The van der Waals surface area contributed by atoms with Crippen LogP contribution in [-0.2, 0) is 5.88 Å². The molecule has 100 valence electrons. The molecule has 0 aliphatic rings. The number of halogens is 6. The molecule has 0 saturated carbocycles. The van der Waals surface area contributed by atoms with Crippen LogP contribution in [-0.4, -0.2) is 17.6 Å². The molecule has 1 heterocycles. The predicted octanol–water partition coefficient (Wildman–Crippen LogP) is 3.47. The van der Waals surface area contributed by atoms with Gasteiger partial charge in [-0.1, -0.05) is 0 Å². The van der Waals surface area contributed by atoms with Crippen molar-refractivity contribution in [1.29, 1.82) is 0 Å². The number of carbonyl (C=O) groups is 1. The van der Waals surface area contributed by atoms with Crippen molar-refractivity contribution < 1.29 is 31.5 Å². The minimum atomic E-state index is -5.19. The molecule has 3 nitrogen and oxygen atoms in total. The molecule has 0 aromatic carbocycles. The summed E-state index contributed by atoms with van der Waals surface area (Å²) in [6, 6.07) is 0.880. The summed E-state index contributed by atoms with van der Waals surface area (Å²) in [6.07, 6.45) is -8.35. The van der Waals surface area contributed by atoms with E-state index in [2.05, 4.69) is 9.72 Å². The highest BCUT2D eigenvalue weighted by atomic mass is 35.5. The van der Waals surface area contributed by atoms with Crippen LogP contribution in [0.2, 0.25) is 0 Å². The van der Waals surface area contributed by atoms with Crippen LogP contribution in [0.4, 0.5) is 22.0 Å². The molecule has 0 unspecified atom stereocenters. The number of hydrogen-bond donors (Lipinski definition) is 0. The van der Waals surface area contributed by atoms with Gasteiger partial charge in [0.15, 0.2) is 6.29 Å². The second-order valence-corrected chi connectivity index (χ2v) is 3.29. The summed E-state index contributed by atoms with van der Waals surface area (Å²) < 4.78 is 64.8. The summed E-state index contributed by atoms with van der Waals surface area (Å²) in [5.74, 6) is -1.87. The lowest BCUT2D eigenvalue weighted by molar-refractivity contribution is -0.276. The Morgan fingerprint density at radius 3 is 2.44 bits per heavy atom. The Kier molecular flexibility index (Phi) is 4.44. The number of alkyl halides is 6. The van der Waals surface area contributed by atoms with Gasteiger partial charge in [-0.05, 0) is 11.6 Å². The number of rotatable bonds is 4. The Morgan fingerprint density at radius 1 is 1.44 bits per heavy atom. The maximum Gasteiger partial charge on any atom is 0.574 e. The second-order valence-electron chi connectivity index (χ2n) is 3.03. The molecular formula is C9H5ClF5NO2. The van der Waals surface area contributed by atoms with Gasteiger partial charge in [0.2, 0.25) is 5.88 Å². The molecular weight excluding hydrogens is 285 g/mol. The van der Waals surface area contributed by atoms with E-state index in [0.29, 0.717) is 0 Å². The molecule has 0 saturated heterocycles. The van der Waals surface area contributed by atoms with Gasteiger partial charge in [0.1, 0.15) is 5.69 Å². The molecule has 1 aromatic rings. The van der Waals surface area contributed by atoms with E-state index in [1.165, 1.54) is 0 Å². The fraction of sp³-hybridized carbons (Fsp3) is 0.333. The van der Waals surface area contributed by atoms with E-state index in [1.807, 2.05) is 0 Å². The number of ether oxygens (including phenoxy) is 1. The van der Waals surface area contributed by atoms with Crippen LogP contribution in [0.25, 0.3) is 0 Å². The number of aldehydes is 1. The third kappa shape index (κ3) is 3.52. The highest BCUT2D eigenvalue weighted by Crippen LogP contribution is 2.34. The van der Waals surface area contributed by atoms with Crippen LogP contribution in [0.3, 0.4) is 0 Å². The molecule has 0 fully saturated rings. The molecule has 0 amide bonds. The first-order valence-electron chi connectivity index (χ1n) is 4.37. The van der Waals surface area contributed by atoms with Crippen LogP contribution in [0.5, 0.6) is 5.88 Å². The van der Waals surface area contributed by atoms with Crippen molar-refractivity contribution in [2.45, 2.75) is 18.7 Å². The van der Waals surface area contributed by atoms with Crippen molar-refractivity contribution in [3.63, 3.8) is 0 Å². The van der Waals surface area contributed by atoms with Gasteiger partial charge in [-0.25, -0.2) is 13.8 Å². The fourth-order valence-corrected chi connectivity index (χ4v) is 1.42. The quantitative estimate of drug-likeness (QED) is 0.484. The van der Waals surface area contributed by atoms with Crippen LogP contribution in [0.15, 0.2) is 6.07 Å². The molecule has 0 bridgehead atoms. The van der Waals surface area contributed by atoms with Crippen molar-refractivity contribution in [2.24, 2.45) is 0 Å². The zero-order valence-electron chi connectivity index (χ0n) is 8.47. The summed E-state index contributed by atoms with van der Waals surface area (Å²) in [5, 5.41) is 0. The maximum atomic E-state index is 12.7. The zero-order chi connectivity index (χ0) is 13.9. The fourth-order valence-electron chi connectivity index (χ4n) is 1.20. The molecule has 1 rings (SSSR count). The Hall–Kier alpha value is -1.44. The minimum Gasteiger partial charge on any atom is -0.387 e. The van der Waals surface area contributed by atoms with Gasteiger partial charge in [0, 0.05) is 5.88 Å². The van der Waals surface area contributed by atoms with E-state index in [-0.39, 0.29) is 11.8 Å². The van der Waals surface area contributed by atoms with E-state index in [9.17, 15) is 26.7 Å². The number of nitrogens with zero attached hydrogens (tertiary/aromatic N) is 1. The van der Waals surface area contributed by atoms with E-state index in [0.717, 1.165) is 6.07 Å². The summed E-state index contributed by atoms with van der Waals surface area (Å²) in [6.45, 7) is 0. The average Bonchev–Trinajstić information content (AvgIpc) is 2.25. The lowest BCUT2D eigenvalue weighted by atomic mass is 10.1. The average molecular weight is 290 g/mol. The topological polar surface area (TPSA) is 39.2 Å². The van der Waals surface area contributed by atoms with Gasteiger partial charge in [-0.15, -0.1) is 24.8 Å². The third-order valence-corrected chi connectivity index (χ3v) is 2.11. The first kappa shape index (κ1) is 14.6. The van der Waals surface area contributed by atoms with Crippen molar-refractivity contribution in [1.82, 2.24) is 4.98 Å². The van der Waals surface area contributed by atoms with Gasteiger partial charge in [-0.3, -0.25) is 4.79 Å². The highest BCUT2D eigenvalue weighted by molar-refractivity contribution is 6.17. The summed E-state index contributed by atoms with van der Waals surface area (Å²) in [5.41, 5.74) is -1.90. The van der Waals surface area contributed by atoms with E-state index in [1.54, 1.807) is 0 Å². The second kappa shape index (κ2) is 5.47. The molecule has 1 aromatic heterocycles. The smallest absolute Gasteiger partial charge is 0.387 e. The van der Waals surface area contributed by atoms with Crippen LogP contribution >= 0.6 is 11.6 Å². The molecule has 0 aliphatic heterocycles. The Bertz CT molecular complexity index is 449. The zero-order valence-corrected chi connectivity index (χ0v) is 9.23. The first-order chi connectivity index (χ1) is 8.28. The summed E-state index contributed by atoms with van der Waals surface area (Å²) >= 11 is 5.33. The molecule has 9 heteroatoms. The van der Waals surface area contributed by atoms with Gasteiger partial charge in [-0.2, -0.15) is 0 Å². The third-order valence-electron chi connectivity index (χ3n) is 1.82. The SMILES string of the molecule is O=Cc1cc(CCl)c(C(F)F)c(OC(F)(F)F)n1. The largest absolute Gasteiger partial charge is 0.574 e. The van der Waals surface area contributed by atoms with E-state index >= 15 is 0 Å². The molecule has 0 N–H and O–H groups in total. The van der Waals surface area contributed by atoms with Crippen LogP contribution in [0.1, 0.15) is 28.0 Å². The normalized spacial score (nSPS) is 11.7. The van der Waals surface area contributed by atoms with Crippen LogP contribution < -0.4 is 4.74 Å². The molecule has 0 radical (unpaired) electrons. The van der Waals surface area contributed by atoms with E-state index < -0.39 is 35.8 Å². The first-order valence-corrected chi connectivity index (χ1v) is 4.90. The van der Waals surface area contributed by atoms with Gasteiger partial charge < -0.3 is 4.74 Å². The number of hydrogen-bond acceptors (Lipinski definition) is 3. The maximum absolute atomic E-state index is 12.7. The molecule has 0 aliphatic carbocycles. The van der Waals surface area contributed by atoms with Gasteiger partial charge in [0.25, 0.3) is 6.43 Å². The standard InChI is InChI=1S/C9H5ClF5NO2/c10-2-4-1-5(3-17)16-8(6(4)7(11)12)18-9(13,14)15/h1,3,7H,2H2.